The fourth-order valence-electron chi connectivity index (χ4n) is 3.10. The van der Waals surface area contributed by atoms with Gasteiger partial charge in [0.2, 0.25) is 0 Å². The SMILES string of the molecule is Cc1ccc(N(c2ccccn2)c2ccc[nH]2)cc1.Cc1ccccc1.Cc1ccccc1. The summed E-state index contributed by atoms with van der Waals surface area (Å²) < 4.78 is 0. The summed E-state index contributed by atoms with van der Waals surface area (Å²) in [5.74, 6) is 1.90. The molecule has 3 nitrogen and oxygen atoms in total. The summed E-state index contributed by atoms with van der Waals surface area (Å²) in [5.41, 5.74) is 4.98. The van der Waals surface area contributed by atoms with Gasteiger partial charge in [-0.3, -0.25) is 4.90 Å². The number of hydrogen-bond donors (Lipinski definition) is 1. The second-order valence-corrected chi connectivity index (χ2v) is 7.72. The molecule has 0 atom stereocenters. The molecule has 1 N–H and O–H groups in total. The lowest BCUT2D eigenvalue weighted by atomic mass is 10.2. The zero-order valence-electron chi connectivity index (χ0n) is 19.5. The molecule has 33 heavy (non-hydrogen) atoms. The maximum atomic E-state index is 4.44. The quantitative estimate of drug-likeness (QED) is 0.311. The minimum absolute atomic E-state index is 0.897. The molecule has 0 saturated carbocycles. The molecule has 0 amide bonds. The van der Waals surface area contributed by atoms with Gasteiger partial charge in [-0.2, -0.15) is 0 Å². The van der Waals surface area contributed by atoms with Crippen molar-refractivity contribution in [3.8, 4) is 0 Å². The van der Waals surface area contributed by atoms with Gasteiger partial charge in [0.15, 0.2) is 0 Å². The van der Waals surface area contributed by atoms with E-state index in [-0.39, 0.29) is 0 Å². The Bertz CT molecular complexity index is 1110. The smallest absolute Gasteiger partial charge is 0.138 e. The van der Waals surface area contributed by atoms with Crippen LogP contribution in [0, 0.1) is 20.8 Å². The summed E-state index contributed by atoms with van der Waals surface area (Å²) in [6.07, 6.45) is 3.72. The predicted molar refractivity (Wildman–Crippen MR) is 140 cm³/mol. The number of nitrogens with one attached hydrogen (secondary N) is 1. The molecule has 0 unspecified atom stereocenters. The summed E-state index contributed by atoms with van der Waals surface area (Å²) >= 11 is 0. The van der Waals surface area contributed by atoms with Crippen LogP contribution in [0.4, 0.5) is 17.3 Å². The van der Waals surface area contributed by atoms with Crippen LogP contribution in [0.1, 0.15) is 16.7 Å². The van der Waals surface area contributed by atoms with Crippen molar-refractivity contribution in [3.05, 3.63) is 144 Å². The molecule has 5 aromatic rings. The van der Waals surface area contributed by atoms with E-state index in [1.54, 1.807) is 6.20 Å². The second kappa shape index (κ2) is 12.7. The van der Waals surface area contributed by atoms with Crippen LogP contribution in [0.2, 0.25) is 0 Å². The van der Waals surface area contributed by atoms with E-state index in [4.69, 9.17) is 0 Å². The molecule has 2 heterocycles. The van der Waals surface area contributed by atoms with E-state index in [0.717, 1.165) is 17.3 Å². The molecule has 3 heteroatoms. The molecule has 0 aliphatic heterocycles. The molecule has 5 rings (SSSR count). The van der Waals surface area contributed by atoms with E-state index in [2.05, 4.69) is 84.2 Å². The first-order valence-corrected chi connectivity index (χ1v) is 11.1. The van der Waals surface area contributed by atoms with Gasteiger partial charge in [0, 0.05) is 18.1 Å². The highest BCUT2D eigenvalue weighted by Gasteiger charge is 2.13. The molecule has 0 aliphatic carbocycles. The van der Waals surface area contributed by atoms with E-state index < -0.39 is 0 Å². The van der Waals surface area contributed by atoms with Crippen molar-refractivity contribution in [1.82, 2.24) is 9.97 Å². The third kappa shape index (κ3) is 7.82. The van der Waals surface area contributed by atoms with Crippen LogP contribution in [-0.4, -0.2) is 9.97 Å². The number of nitrogens with zero attached hydrogens (tertiary/aromatic N) is 2. The molecule has 0 radical (unpaired) electrons. The summed E-state index contributed by atoms with van der Waals surface area (Å²) in [4.78, 5) is 9.77. The Balaban J connectivity index is 0.000000178. The maximum absolute atomic E-state index is 4.44. The lowest BCUT2D eigenvalue weighted by molar-refractivity contribution is 1.14. The fourth-order valence-corrected chi connectivity index (χ4v) is 3.10. The van der Waals surface area contributed by atoms with Crippen molar-refractivity contribution in [3.63, 3.8) is 0 Å². The lowest BCUT2D eigenvalue weighted by Gasteiger charge is -2.22. The van der Waals surface area contributed by atoms with E-state index >= 15 is 0 Å². The Morgan fingerprint density at radius 1 is 0.545 bits per heavy atom. The molecule has 3 aromatic carbocycles. The van der Waals surface area contributed by atoms with Gasteiger partial charge in [-0.05, 0) is 57.2 Å². The molecular weight excluding hydrogens is 402 g/mol. The van der Waals surface area contributed by atoms with Crippen LogP contribution in [-0.2, 0) is 0 Å². The van der Waals surface area contributed by atoms with Crippen LogP contribution in [0.5, 0.6) is 0 Å². The summed E-state index contributed by atoms with van der Waals surface area (Å²) in [6.45, 7) is 6.25. The first kappa shape index (κ1) is 23.6. The third-order valence-corrected chi connectivity index (χ3v) is 4.87. The van der Waals surface area contributed by atoms with Gasteiger partial charge in [0.25, 0.3) is 0 Å². The van der Waals surface area contributed by atoms with Crippen molar-refractivity contribution in [2.24, 2.45) is 0 Å². The number of aryl methyl sites for hydroxylation is 3. The molecule has 0 bridgehead atoms. The van der Waals surface area contributed by atoms with Crippen LogP contribution in [0.25, 0.3) is 0 Å². The zero-order chi connectivity index (χ0) is 23.3. The number of anilines is 3. The second-order valence-electron chi connectivity index (χ2n) is 7.72. The Hall–Kier alpha value is -4.11. The molecule has 166 valence electrons. The highest BCUT2D eigenvalue weighted by Crippen LogP contribution is 2.31. The Morgan fingerprint density at radius 2 is 1.09 bits per heavy atom. The van der Waals surface area contributed by atoms with Crippen molar-refractivity contribution in [2.75, 3.05) is 4.90 Å². The Kier molecular flexibility index (Phi) is 9.04. The first-order valence-electron chi connectivity index (χ1n) is 11.1. The number of aromatic amines is 1. The lowest BCUT2D eigenvalue weighted by Crippen LogP contribution is -2.11. The summed E-state index contributed by atoms with van der Waals surface area (Å²) in [6, 6.07) is 38.9. The number of H-pyrrole nitrogens is 1. The van der Waals surface area contributed by atoms with Gasteiger partial charge in [0.1, 0.15) is 11.6 Å². The topological polar surface area (TPSA) is 31.9 Å². The highest BCUT2D eigenvalue weighted by molar-refractivity contribution is 5.72. The van der Waals surface area contributed by atoms with Crippen LogP contribution >= 0.6 is 0 Å². The predicted octanol–water partition coefficient (Wildman–Crippen LogP) is 8.18. The molecular formula is C30H31N3. The fraction of sp³-hybridized carbons (Fsp3) is 0.100. The minimum Gasteiger partial charge on any atom is -0.348 e. The normalized spacial score (nSPS) is 9.67. The maximum Gasteiger partial charge on any atom is 0.138 e. The van der Waals surface area contributed by atoms with Crippen LogP contribution in [0.15, 0.2) is 128 Å². The van der Waals surface area contributed by atoms with Gasteiger partial charge in [-0.25, -0.2) is 4.98 Å². The first-order chi connectivity index (χ1) is 16.1. The summed E-state index contributed by atoms with van der Waals surface area (Å²) in [7, 11) is 0. The number of rotatable bonds is 3. The van der Waals surface area contributed by atoms with E-state index in [9.17, 15) is 0 Å². The van der Waals surface area contributed by atoms with E-state index in [1.807, 2.05) is 72.9 Å². The van der Waals surface area contributed by atoms with Gasteiger partial charge in [0.05, 0.1) is 0 Å². The largest absolute Gasteiger partial charge is 0.348 e. The van der Waals surface area contributed by atoms with E-state index in [1.165, 1.54) is 16.7 Å². The average Bonchev–Trinajstić information content (AvgIpc) is 3.38. The van der Waals surface area contributed by atoms with Crippen molar-refractivity contribution in [2.45, 2.75) is 20.8 Å². The van der Waals surface area contributed by atoms with Gasteiger partial charge >= 0.3 is 0 Å². The zero-order valence-corrected chi connectivity index (χ0v) is 19.5. The van der Waals surface area contributed by atoms with Crippen LogP contribution in [0.3, 0.4) is 0 Å². The monoisotopic (exact) mass is 433 g/mol. The van der Waals surface area contributed by atoms with Crippen molar-refractivity contribution < 1.29 is 0 Å². The molecule has 0 fully saturated rings. The van der Waals surface area contributed by atoms with Crippen LogP contribution < -0.4 is 4.90 Å². The van der Waals surface area contributed by atoms with Crippen molar-refractivity contribution >= 4 is 17.3 Å². The van der Waals surface area contributed by atoms with Crippen molar-refractivity contribution in [1.29, 1.82) is 0 Å². The standard InChI is InChI=1S/C16H15N3.2C7H8/c1-13-7-9-14(10-8-13)19(16-6-4-12-18-16)15-5-2-3-11-17-15;2*1-7-5-3-2-4-6-7/h2-12,18H,1H3;2*2-6H,1H3. The highest BCUT2D eigenvalue weighted by atomic mass is 15.2. The third-order valence-electron chi connectivity index (χ3n) is 4.87. The molecule has 0 spiro atoms. The average molecular weight is 434 g/mol. The van der Waals surface area contributed by atoms with Gasteiger partial charge < -0.3 is 4.98 Å². The molecule has 0 aliphatic rings. The van der Waals surface area contributed by atoms with E-state index in [0.29, 0.717) is 0 Å². The van der Waals surface area contributed by atoms with Gasteiger partial charge in [-0.15, -0.1) is 0 Å². The number of aromatic nitrogens is 2. The number of pyridine rings is 1. The minimum atomic E-state index is 0.897. The summed E-state index contributed by atoms with van der Waals surface area (Å²) in [5, 5.41) is 0. The van der Waals surface area contributed by atoms with Gasteiger partial charge in [-0.1, -0.05) is 95.6 Å². The Labute approximate surface area is 197 Å². The number of benzene rings is 3. The Morgan fingerprint density at radius 3 is 1.52 bits per heavy atom. The molecule has 0 saturated heterocycles. The number of hydrogen-bond acceptors (Lipinski definition) is 2. The molecule has 2 aromatic heterocycles.